The monoisotopic (exact) mass is 313 g/mol. The molecule has 2 heterocycles. The van der Waals surface area contributed by atoms with Crippen molar-refractivity contribution in [3.05, 3.63) is 52.5 Å². The predicted octanol–water partition coefficient (Wildman–Crippen LogP) is 3.44. The molecule has 2 aromatic rings. The maximum absolute atomic E-state index is 12.8. The zero-order valence-electron chi connectivity index (χ0n) is 13.3. The SMILES string of the molecule is CCc1oc(C(=O)N2CCCc3ccc(C)cc32)cc1C(=O)O. The molecule has 5 nitrogen and oxygen atoms in total. The van der Waals surface area contributed by atoms with Gasteiger partial charge in [0.15, 0.2) is 5.76 Å². The maximum atomic E-state index is 12.8. The van der Waals surface area contributed by atoms with E-state index in [1.807, 2.05) is 25.1 Å². The summed E-state index contributed by atoms with van der Waals surface area (Å²) in [6.07, 6.45) is 2.26. The first-order valence-electron chi connectivity index (χ1n) is 7.78. The quantitative estimate of drug-likeness (QED) is 0.942. The number of hydrogen-bond donors (Lipinski definition) is 1. The third-order valence-electron chi connectivity index (χ3n) is 4.18. The molecule has 1 aromatic carbocycles. The first-order valence-corrected chi connectivity index (χ1v) is 7.78. The van der Waals surface area contributed by atoms with E-state index in [0.717, 1.165) is 29.7 Å². The fourth-order valence-corrected chi connectivity index (χ4v) is 3.01. The van der Waals surface area contributed by atoms with E-state index < -0.39 is 5.97 Å². The second-order valence-electron chi connectivity index (χ2n) is 5.80. The lowest BCUT2D eigenvalue weighted by molar-refractivity contribution is 0.0694. The molecule has 120 valence electrons. The Hall–Kier alpha value is -2.56. The molecule has 0 saturated carbocycles. The number of carbonyl (C=O) groups is 2. The van der Waals surface area contributed by atoms with Crippen LogP contribution in [0.1, 0.15) is 51.1 Å². The smallest absolute Gasteiger partial charge is 0.339 e. The first-order chi connectivity index (χ1) is 11.0. The number of hydrogen-bond acceptors (Lipinski definition) is 3. The summed E-state index contributed by atoms with van der Waals surface area (Å²) in [5, 5.41) is 9.21. The summed E-state index contributed by atoms with van der Waals surface area (Å²) in [4.78, 5) is 25.8. The summed E-state index contributed by atoms with van der Waals surface area (Å²) in [6.45, 7) is 4.40. The molecule has 0 aliphatic carbocycles. The van der Waals surface area contributed by atoms with Gasteiger partial charge in [-0.25, -0.2) is 4.79 Å². The van der Waals surface area contributed by atoms with Crippen LogP contribution in [-0.4, -0.2) is 23.5 Å². The van der Waals surface area contributed by atoms with Gasteiger partial charge in [0.05, 0.1) is 0 Å². The molecule has 0 radical (unpaired) electrons. The molecule has 0 unspecified atom stereocenters. The van der Waals surface area contributed by atoms with Crippen LogP contribution in [0.4, 0.5) is 5.69 Å². The normalized spacial score (nSPS) is 13.7. The third kappa shape index (κ3) is 2.74. The highest BCUT2D eigenvalue weighted by Gasteiger charge is 2.28. The number of aryl methyl sites for hydroxylation is 3. The van der Waals surface area contributed by atoms with E-state index in [0.29, 0.717) is 18.7 Å². The predicted molar refractivity (Wildman–Crippen MR) is 86.2 cm³/mol. The van der Waals surface area contributed by atoms with E-state index >= 15 is 0 Å². The van der Waals surface area contributed by atoms with Crippen molar-refractivity contribution in [2.24, 2.45) is 0 Å². The average molecular weight is 313 g/mol. The molecule has 1 N–H and O–H groups in total. The highest BCUT2D eigenvalue weighted by molar-refractivity contribution is 6.06. The Morgan fingerprint density at radius 1 is 1.30 bits per heavy atom. The fraction of sp³-hybridized carbons (Fsp3) is 0.333. The lowest BCUT2D eigenvalue weighted by Gasteiger charge is -2.29. The molecule has 1 aliphatic rings. The zero-order valence-corrected chi connectivity index (χ0v) is 13.3. The standard InChI is InChI=1S/C18H19NO4/c1-3-15-13(18(21)22)10-16(23-15)17(20)19-8-4-5-12-7-6-11(2)9-14(12)19/h6-7,9-10H,3-5,8H2,1-2H3,(H,21,22). The molecular formula is C18H19NO4. The lowest BCUT2D eigenvalue weighted by Crippen LogP contribution is -2.35. The minimum absolute atomic E-state index is 0.0670. The number of carboxylic acids is 1. The van der Waals surface area contributed by atoms with Crippen molar-refractivity contribution in [3.8, 4) is 0 Å². The van der Waals surface area contributed by atoms with Crippen LogP contribution in [0, 0.1) is 6.92 Å². The minimum Gasteiger partial charge on any atom is -0.478 e. The van der Waals surface area contributed by atoms with Gasteiger partial charge in [-0.05, 0) is 37.0 Å². The number of benzene rings is 1. The Balaban J connectivity index is 1.99. The van der Waals surface area contributed by atoms with Crippen LogP contribution in [0.25, 0.3) is 0 Å². The van der Waals surface area contributed by atoms with Crippen molar-refractivity contribution in [1.82, 2.24) is 0 Å². The highest BCUT2D eigenvalue weighted by Crippen LogP contribution is 2.30. The summed E-state index contributed by atoms with van der Waals surface area (Å²) >= 11 is 0. The third-order valence-corrected chi connectivity index (χ3v) is 4.18. The van der Waals surface area contributed by atoms with Crippen LogP contribution in [-0.2, 0) is 12.8 Å². The summed E-state index contributed by atoms with van der Waals surface area (Å²) in [6, 6.07) is 7.42. The number of carboxylic acid groups (broad SMARTS) is 1. The van der Waals surface area contributed by atoms with E-state index in [2.05, 4.69) is 0 Å². The van der Waals surface area contributed by atoms with Crippen LogP contribution >= 0.6 is 0 Å². The molecule has 0 spiro atoms. The van der Waals surface area contributed by atoms with Crippen molar-refractivity contribution in [2.75, 3.05) is 11.4 Å². The lowest BCUT2D eigenvalue weighted by atomic mass is 9.99. The Kier molecular flexibility index (Phi) is 3.94. The molecule has 0 saturated heterocycles. The highest BCUT2D eigenvalue weighted by atomic mass is 16.4. The summed E-state index contributed by atoms with van der Waals surface area (Å²) in [7, 11) is 0. The number of rotatable bonds is 3. The molecule has 3 rings (SSSR count). The van der Waals surface area contributed by atoms with Crippen LogP contribution in [0.5, 0.6) is 0 Å². The maximum Gasteiger partial charge on any atom is 0.339 e. The summed E-state index contributed by atoms with van der Waals surface area (Å²) < 4.78 is 5.51. The van der Waals surface area contributed by atoms with Gasteiger partial charge in [-0.2, -0.15) is 0 Å². The molecule has 0 bridgehead atoms. The Morgan fingerprint density at radius 2 is 2.09 bits per heavy atom. The van der Waals surface area contributed by atoms with Gasteiger partial charge >= 0.3 is 5.97 Å². The minimum atomic E-state index is -1.07. The summed E-state index contributed by atoms with van der Waals surface area (Å²) in [5.41, 5.74) is 3.18. The van der Waals surface area contributed by atoms with Gasteiger partial charge in [0.25, 0.3) is 5.91 Å². The number of aromatic carboxylic acids is 1. The van der Waals surface area contributed by atoms with E-state index in [4.69, 9.17) is 4.42 Å². The number of furan rings is 1. The van der Waals surface area contributed by atoms with E-state index in [1.54, 1.807) is 11.8 Å². The Bertz CT molecular complexity index is 775. The van der Waals surface area contributed by atoms with E-state index in [1.165, 1.54) is 6.07 Å². The molecule has 0 atom stereocenters. The van der Waals surface area contributed by atoms with Crippen LogP contribution in [0.2, 0.25) is 0 Å². The molecule has 23 heavy (non-hydrogen) atoms. The zero-order chi connectivity index (χ0) is 16.6. The molecule has 1 aromatic heterocycles. The molecular weight excluding hydrogens is 294 g/mol. The van der Waals surface area contributed by atoms with Crippen molar-refractivity contribution >= 4 is 17.6 Å². The Morgan fingerprint density at radius 3 is 2.74 bits per heavy atom. The number of anilines is 1. The van der Waals surface area contributed by atoms with Crippen LogP contribution in [0.3, 0.4) is 0 Å². The Labute approximate surface area is 134 Å². The van der Waals surface area contributed by atoms with Gasteiger partial charge in [0.2, 0.25) is 0 Å². The van der Waals surface area contributed by atoms with E-state index in [9.17, 15) is 14.7 Å². The van der Waals surface area contributed by atoms with Gasteiger partial charge in [-0.15, -0.1) is 0 Å². The van der Waals surface area contributed by atoms with Gasteiger partial charge in [-0.3, -0.25) is 4.79 Å². The second kappa shape index (κ2) is 5.91. The van der Waals surface area contributed by atoms with Crippen molar-refractivity contribution in [2.45, 2.75) is 33.1 Å². The van der Waals surface area contributed by atoms with Crippen molar-refractivity contribution in [3.63, 3.8) is 0 Å². The molecule has 5 heteroatoms. The summed E-state index contributed by atoms with van der Waals surface area (Å²) in [5.74, 6) is -0.922. The number of fused-ring (bicyclic) bond motifs is 1. The van der Waals surface area contributed by atoms with Gasteiger partial charge in [0, 0.05) is 24.7 Å². The number of nitrogens with zero attached hydrogens (tertiary/aromatic N) is 1. The second-order valence-corrected chi connectivity index (χ2v) is 5.80. The van der Waals surface area contributed by atoms with Gasteiger partial charge in [0.1, 0.15) is 11.3 Å². The van der Waals surface area contributed by atoms with Gasteiger partial charge in [-0.1, -0.05) is 19.1 Å². The van der Waals surface area contributed by atoms with Gasteiger partial charge < -0.3 is 14.4 Å². The van der Waals surface area contributed by atoms with Crippen LogP contribution in [0.15, 0.2) is 28.7 Å². The largest absolute Gasteiger partial charge is 0.478 e. The number of amides is 1. The topological polar surface area (TPSA) is 70.8 Å². The number of carbonyl (C=O) groups excluding carboxylic acids is 1. The molecule has 1 amide bonds. The van der Waals surface area contributed by atoms with Crippen molar-refractivity contribution in [1.29, 1.82) is 0 Å². The average Bonchev–Trinajstić information content (AvgIpc) is 2.98. The first kappa shape index (κ1) is 15.3. The fourth-order valence-electron chi connectivity index (χ4n) is 3.01. The van der Waals surface area contributed by atoms with Crippen LogP contribution < -0.4 is 4.90 Å². The molecule has 1 aliphatic heterocycles. The van der Waals surface area contributed by atoms with E-state index in [-0.39, 0.29) is 17.2 Å². The van der Waals surface area contributed by atoms with Crippen molar-refractivity contribution < 1.29 is 19.1 Å². The molecule has 0 fully saturated rings.